The second-order valence-corrected chi connectivity index (χ2v) is 14.0. The van der Waals surface area contributed by atoms with Crippen LogP contribution in [0.5, 0.6) is 0 Å². The van der Waals surface area contributed by atoms with Crippen LogP contribution in [0, 0.1) is 0 Å². The SMILES string of the molecule is c1ccc(-c2ccc(N(c3ccc(-c4ccc5c(c4)c4ccccc4n5-c4ccccc4)cc3)c3cccc4sc5ccccc5c34)cc2)cc1. The van der Waals surface area contributed by atoms with Crippen molar-refractivity contribution in [3.8, 4) is 27.9 Å². The van der Waals surface area contributed by atoms with Crippen LogP contribution in [-0.4, -0.2) is 4.57 Å². The van der Waals surface area contributed by atoms with Crippen LogP contribution in [0.1, 0.15) is 0 Å². The molecule has 0 radical (unpaired) electrons. The summed E-state index contributed by atoms with van der Waals surface area (Å²) < 4.78 is 4.96. The van der Waals surface area contributed by atoms with Crippen LogP contribution >= 0.6 is 11.3 Å². The van der Waals surface area contributed by atoms with E-state index in [2.05, 4.69) is 204 Å². The standard InChI is InChI=1S/C48H32N2S/c1-3-12-33(13-4-1)34-22-27-38(28-23-34)49(45-19-11-21-47-48(45)41-17-8-10-20-46(41)51-47)39-29-24-35(25-30-39)36-26-31-44-42(32-36)40-16-7-9-18-43(40)50(44)37-14-5-2-6-15-37/h1-32H. The van der Waals surface area contributed by atoms with E-state index in [-0.39, 0.29) is 0 Å². The third-order valence-corrected chi connectivity index (χ3v) is 11.1. The van der Waals surface area contributed by atoms with Gasteiger partial charge in [0.05, 0.1) is 16.7 Å². The maximum absolute atomic E-state index is 2.41. The van der Waals surface area contributed by atoms with E-state index in [9.17, 15) is 0 Å². The molecule has 0 bridgehead atoms. The Morgan fingerprint density at radius 3 is 1.67 bits per heavy atom. The molecule has 0 spiro atoms. The minimum atomic E-state index is 1.12. The van der Waals surface area contributed by atoms with Gasteiger partial charge in [0.25, 0.3) is 0 Å². The topological polar surface area (TPSA) is 8.17 Å². The van der Waals surface area contributed by atoms with Gasteiger partial charge in [-0.15, -0.1) is 11.3 Å². The fourth-order valence-electron chi connectivity index (χ4n) is 7.61. The quantitative estimate of drug-likeness (QED) is 0.171. The Bertz CT molecular complexity index is 2830. The first-order valence-corrected chi connectivity index (χ1v) is 18.2. The fraction of sp³-hybridized carbons (Fsp3) is 0. The average Bonchev–Trinajstić information content (AvgIpc) is 3.75. The third-order valence-electron chi connectivity index (χ3n) is 10.00. The van der Waals surface area contributed by atoms with Crippen molar-refractivity contribution in [1.82, 2.24) is 4.57 Å². The summed E-state index contributed by atoms with van der Waals surface area (Å²) in [6.45, 7) is 0. The van der Waals surface area contributed by atoms with E-state index >= 15 is 0 Å². The van der Waals surface area contributed by atoms with Crippen LogP contribution in [0.15, 0.2) is 194 Å². The summed E-state index contributed by atoms with van der Waals surface area (Å²) >= 11 is 1.86. The molecule has 0 saturated carbocycles. The van der Waals surface area contributed by atoms with Crippen molar-refractivity contribution < 1.29 is 0 Å². The van der Waals surface area contributed by atoms with Crippen LogP contribution in [0.25, 0.3) is 69.9 Å². The average molecular weight is 669 g/mol. The first-order chi connectivity index (χ1) is 25.3. The molecule has 10 rings (SSSR count). The number of hydrogen-bond donors (Lipinski definition) is 0. The molecule has 0 aliphatic rings. The van der Waals surface area contributed by atoms with Gasteiger partial charge in [-0.25, -0.2) is 0 Å². The Labute approximate surface area is 300 Å². The molecule has 0 unspecified atom stereocenters. The Morgan fingerprint density at radius 1 is 0.373 bits per heavy atom. The number of hydrogen-bond acceptors (Lipinski definition) is 2. The Kier molecular flexibility index (Phi) is 7.04. The number of nitrogens with zero attached hydrogens (tertiary/aromatic N) is 2. The molecule has 240 valence electrons. The molecule has 0 atom stereocenters. The summed E-state index contributed by atoms with van der Waals surface area (Å²) in [5.74, 6) is 0. The van der Waals surface area contributed by atoms with E-state index < -0.39 is 0 Å². The molecule has 0 aliphatic carbocycles. The van der Waals surface area contributed by atoms with Gasteiger partial charge in [0.2, 0.25) is 0 Å². The zero-order valence-corrected chi connectivity index (χ0v) is 28.6. The molecule has 10 aromatic rings. The van der Waals surface area contributed by atoms with Crippen molar-refractivity contribution in [3.63, 3.8) is 0 Å². The summed E-state index contributed by atoms with van der Waals surface area (Å²) in [4.78, 5) is 2.41. The van der Waals surface area contributed by atoms with Gasteiger partial charge in [-0.1, -0.05) is 121 Å². The monoisotopic (exact) mass is 668 g/mol. The predicted octanol–water partition coefficient (Wildman–Crippen LogP) is 14.0. The maximum Gasteiger partial charge on any atom is 0.0554 e. The van der Waals surface area contributed by atoms with Crippen LogP contribution in [0.3, 0.4) is 0 Å². The van der Waals surface area contributed by atoms with E-state index in [1.165, 1.54) is 75.6 Å². The van der Waals surface area contributed by atoms with Crippen molar-refractivity contribution in [2.75, 3.05) is 4.90 Å². The lowest BCUT2D eigenvalue weighted by Gasteiger charge is -2.27. The molecule has 0 saturated heterocycles. The zero-order chi connectivity index (χ0) is 33.7. The van der Waals surface area contributed by atoms with E-state index in [1.54, 1.807) is 0 Å². The van der Waals surface area contributed by atoms with E-state index in [4.69, 9.17) is 0 Å². The smallest absolute Gasteiger partial charge is 0.0554 e. The van der Waals surface area contributed by atoms with Crippen LogP contribution in [-0.2, 0) is 0 Å². The second-order valence-electron chi connectivity index (χ2n) is 13.0. The van der Waals surface area contributed by atoms with Crippen molar-refractivity contribution in [2.45, 2.75) is 0 Å². The highest BCUT2D eigenvalue weighted by Crippen LogP contribution is 2.45. The van der Waals surface area contributed by atoms with Gasteiger partial charge in [0.15, 0.2) is 0 Å². The molecule has 2 heterocycles. The molecule has 0 amide bonds. The van der Waals surface area contributed by atoms with Crippen LogP contribution in [0.2, 0.25) is 0 Å². The first kappa shape index (κ1) is 29.5. The molecule has 0 aliphatic heterocycles. The molecule has 2 nitrogen and oxygen atoms in total. The molecule has 3 heteroatoms. The lowest BCUT2D eigenvalue weighted by atomic mass is 10.0. The molecule has 0 N–H and O–H groups in total. The Balaban J connectivity index is 1.10. The predicted molar refractivity (Wildman–Crippen MR) is 219 cm³/mol. The number of fused-ring (bicyclic) bond motifs is 6. The van der Waals surface area contributed by atoms with Crippen LogP contribution < -0.4 is 4.90 Å². The maximum atomic E-state index is 2.41. The van der Waals surface area contributed by atoms with E-state index in [1.807, 2.05) is 11.3 Å². The summed E-state index contributed by atoms with van der Waals surface area (Å²) in [5, 5.41) is 5.09. The summed E-state index contributed by atoms with van der Waals surface area (Å²) in [7, 11) is 0. The lowest BCUT2D eigenvalue weighted by Crippen LogP contribution is -2.10. The van der Waals surface area contributed by atoms with Crippen molar-refractivity contribution in [3.05, 3.63) is 194 Å². The largest absolute Gasteiger partial charge is 0.310 e. The summed E-state index contributed by atoms with van der Waals surface area (Å²) in [6.07, 6.45) is 0. The summed E-state index contributed by atoms with van der Waals surface area (Å²) in [6, 6.07) is 70.3. The van der Waals surface area contributed by atoms with Gasteiger partial charge in [-0.3, -0.25) is 0 Å². The molecule has 8 aromatic carbocycles. The minimum Gasteiger partial charge on any atom is -0.310 e. The van der Waals surface area contributed by atoms with Gasteiger partial charge < -0.3 is 9.47 Å². The molecular weight excluding hydrogens is 637 g/mol. The van der Waals surface area contributed by atoms with Gasteiger partial charge >= 0.3 is 0 Å². The van der Waals surface area contributed by atoms with Gasteiger partial charge in [0.1, 0.15) is 0 Å². The molecule has 51 heavy (non-hydrogen) atoms. The van der Waals surface area contributed by atoms with Crippen molar-refractivity contribution >= 4 is 70.4 Å². The van der Waals surface area contributed by atoms with Crippen molar-refractivity contribution in [1.29, 1.82) is 0 Å². The number of aromatic nitrogens is 1. The zero-order valence-electron chi connectivity index (χ0n) is 27.8. The Morgan fingerprint density at radius 2 is 0.922 bits per heavy atom. The van der Waals surface area contributed by atoms with Crippen molar-refractivity contribution in [2.24, 2.45) is 0 Å². The highest BCUT2D eigenvalue weighted by atomic mass is 32.1. The van der Waals surface area contributed by atoms with Gasteiger partial charge in [-0.2, -0.15) is 0 Å². The number of thiophene rings is 1. The van der Waals surface area contributed by atoms with E-state index in [0.717, 1.165) is 11.4 Å². The molecular formula is C48H32N2S. The number of rotatable bonds is 6. The van der Waals surface area contributed by atoms with Gasteiger partial charge in [0, 0.05) is 48.0 Å². The highest BCUT2D eigenvalue weighted by molar-refractivity contribution is 7.26. The number of para-hydroxylation sites is 2. The van der Waals surface area contributed by atoms with E-state index in [0.29, 0.717) is 0 Å². The Hall–Kier alpha value is -6.42. The van der Waals surface area contributed by atoms with Crippen LogP contribution in [0.4, 0.5) is 17.1 Å². The molecule has 0 fully saturated rings. The first-order valence-electron chi connectivity index (χ1n) is 17.4. The number of benzene rings is 8. The normalized spacial score (nSPS) is 11.5. The third kappa shape index (κ3) is 5.01. The summed E-state index contributed by atoms with van der Waals surface area (Å²) in [5.41, 5.74) is 11.8. The second kappa shape index (κ2) is 12.2. The lowest BCUT2D eigenvalue weighted by molar-refractivity contribution is 1.18. The highest BCUT2D eigenvalue weighted by Gasteiger charge is 2.19. The number of anilines is 3. The van der Waals surface area contributed by atoms with Gasteiger partial charge in [-0.05, 0) is 95.1 Å². The minimum absolute atomic E-state index is 1.12. The molecule has 2 aromatic heterocycles. The fourth-order valence-corrected chi connectivity index (χ4v) is 8.74.